The molecule has 0 radical (unpaired) electrons. The largest absolute Gasteiger partial charge is 0.438 e. The van der Waals surface area contributed by atoms with Crippen LogP contribution in [-0.2, 0) is 0 Å². The molecule has 5 rings (SSSR count). The van der Waals surface area contributed by atoms with Crippen molar-refractivity contribution >= 4 is 21.8 Å². The van der Waals surface area contributed by atoms with Crippen molar-refractivity contribution < 1.29 is 17.9 Å². The average molecular weight is 446 g/mol. The Labute approximate surface area is 186 Å². The van der Waals surface area contributed by atoms with E-state index in [1.807, 2.05) is 18.2 Å². The molecule has 0 bridgehead atoms. The second kappa shape index (κ2) is 7.78. The maximum absolute atomic E-state index is 14.1. The molecule has 1 N–H and O–H groups in total. The molecule has 0 saturated heterocycles. The van der Waals surface area contributed by atoms with E-state index in [1.54, 1.807) is 19.1 Å². The van der Waals surface area contributed by atoms with Gasteiger partial charge in [0.25, 0.3) is 0 Å². The first-order valence-electron chi connectivity index (χ1n) is 10.2. The minimum atomic E-state index is -1.01. The summed E-state index contributed by atoms with van der Waals surface area (Å²) in [6, 6.07) is 15.4. The van der Waals surface area contributed by atoms with Crippen molar-refractivity contribution in [3.8, 4) is 22.9 Å². The van der Waals surface area contributed by atoms with Crippen molar-refractivity contribution in [1.29, 1.82) is 0 Å². The van der Waals surface area contributed by atoms with Crippen LogP contribution in [0.1, 0.15) is 11.1 Å². The summed E-state index contributed by atoms with van der Waals surface area (Å²) in [7, 11) is 0. The molecule has 0 aliphatic heterocycles. The molecule has 33 heavy (non-hydrogen) atoms. The number of H-pyrrole nitrogens is 1. The number of para-hydroxylation sites is 1. The molecule has 0 atom stereocenters. The van der Waals surface area contributed by atoms with Gasteiger partial charge >= 0.3 is 0 Å². The van der Waals surface area contributed by atoms with Crippen molar-refractivity contribution in [2.45, 2.75) is 13.8 Å². The van der Waals surface area contributed by atoms with Crippen LogP contribution < -0.4 is 10.2 Å². The number of fused-ring (bicyclic) bond motifs is 2. The van der Waals surface area contributed by atoms with Crippen LogP contribution in [0.25, 0.3) is 33.1 Å². The van der Waals surface area contributed by atoms with Crippen LogP contribution in [0.3, 0.4) is 0 Å². The standard InChI is InChI=1S/C26H17F3N2O2/c1-13-22(10-8-19(28)23(13)29)33-26-18(11-15-5-3-4-6-20(15)31-26)24-14(2)25(32)17-12-16(27)7-9-21(17)30-24/h3-12H,1-2H3,(H,30,32). The van der Waals surface area contributed by atoms with Gasteiger partial charge in [-0.15, -0.1) is 0 Å². The molecular formula is C26H17F3N2O2. The topological polar surface area (TPSA) is 55.0 Å². The molecule has 3 aromatic carbocycles. The lowest BCUT2D eigenvalue weighted by atomic mass is 10.0. The van der Waals surface area contributed by atoms with Crippen LogP contribution in [0.15, 0.2) is 65.5 Å². The van der Waals surface area contributed by atoms with Gasteiger partial charge in [0.2, 0.25) is 5.88 Å². The second-order valence-corrected chi connectivity index (χ2v) is 7.76. The zero-order valence-corrected chi connectivity index (χ0v) is 17.7. The molecule has 2 aromatic heterocycles. The number of benzene rings is 3. The lowest BCUT2D eigenvalue weighted by Crippen LogP contribution is -2.10. The Hall–Kier alpha value is -4.13. The van der Waals surface area contributed by atoms with Crippen LogP contribution in [0.2, 0.25) is 0 Å². The van der Waals surface area contributed by atoms with E-state index in [-0.39, 0.29) is 28.0 Å². The Kier molecular flexibility index (Phi) is 4.89. The van der Waals surface area contributed by atoms with Crippen LogP contribution >= 0.6 is 0 Å². The van der Waals surface area contributed by atoms with E-state index < -0.39 is 17.5 Å². The minimum absolute atomic E-state index is 0.00453. The van der Waals surface area contributed by atoms with Gasteiger partial charge in [-0.1, -0.05) is 18.2 Å². The molecule has 164 valence electrons. The summed E-state index contributed by atoms with van der Waals surface area (Å²) in [5.41, 5.74) is 1.98. The van der Waals surface area contributed by atoms with Gasteiger partial charge in [-0.05, 0) is 56.3 Å². The Morgan fingerprint density at radius 1 is 0.909 bits per heavy atom. The number of hydrogen-bond acceptors (Lipinski definition) is 3. The third-order valence-corrected chi connectivity index (χ3v) is 5.66. The Bertz CT molecular complexity index is 1630. The normalized spacial score (nSPS) is 11.3. The molecule has 0 saturated carbocycles. The van der Waals surface area contributed by atoms with E-state index in [9.17, 15) is 18.0 Å². The molecule has 2 heterocycles. The summed E-state index contributed by atoms with van der Waals surface area (Å²) >= 11 is 0. The van der Waals surface area contributed by atoms with Crippen LogP contribution in [0.5, 0.6) is 11.6 Å². The first kappa shape index (κ1) is 20.8. The van der Waals surface area contributed by atoms with Gasteiger partial charge in [0.15, 0.2) is 17.1 Å². The maximum Gasteiger partial charge on any atom is 0.229 e. The Morgan fingerprint density at radius 3 is 2.52 bits per heavy atom. The second-order valence-electron chi connectivity index (χ2n) is 7.76. The highest BCUT2D eigenvalue weighted by molar-refractivity contribution is 5.89. The van der Waals surface area contributed by atoms with Gasteiger partial charge in [-0.3, -0.25) is 4.79 Å². The first-order chi connectivity index (χ1) is 15.8. The number of nitrogens with zero attached hydrogens (tertiary/aromatic N) is 1. The molecule has 0 spiro atoms. The summed E-state index contributed by atoms with van der Waals surface area (Å²) in [6.45, 7) is 3.03. The van der Waals surface area contributed by atoms with Gasteiger partial charge in [0, 0.05) is 27.4 Å². The molecule has 4 nitrogen and oxygen atoms in total. The van der Waals surface area contributed by atoms with Crippen molar-refractivity contribution in [1.82, 2.24) is 9.97 Å². The summed E-state index contributed by atoms with van der Waals surface area (Å²) in [5, 5.41) is 1.02. The van der Waals surface area contributed by atoms with E-state index in [4.69, 9.17) is 4.74 Å². The number of halogens is 3. The van der Waals surface area contributed by atoms with Crippen molar-refractivity contribution in [3.63, 3.8) is 0 Å². The number of rotatable bonds is 3. The highest BCUT2D eigenvalue weighted by Crippen LogP contribution is 2.36. The predicted octanol–water partition coefficient (Wildman–Crippen LogP) is 6.57. The molecule has 7 heteroatoms. The smallest absolute Gasteiger partial charge is 0.229 e. The van der Waals surface area contributed by atoms with Crippen molar-refractivity contribution in [2.75, 3.05) is 0 Å². The van der Waals surface area contributed by atoms with Crippen LogP contribution in [0, 0.1) is 31.3 Å². The summed E-state index contributed by atoms with van der Waals surface area (Å²) in [5.74, 6) is -2.28. The van der Waals surface area contributed by atoms with Gasteiger partial charge in [0.1, 0.15) is 11.6 Å². The number of pyridine rings is 2. The number of nitrogens with one attached hydrogen (secondary N) is 1. The SMILES string of the molecule is Cc1c(Oc2nc3ccccc3cc2-c2[nH]c3ccc(F)cc3c(=O)c2C)ccc(F)c1F. The summed E-state index contributed by atoms with van der Waals surface area (Å²) in [6.07, 6.45) is 0. The zero-order chi connectivity index (χ0) is 23.3. The number of ether oxygens (including phenoxy) is 1. The van der Waals surface area contributed by atoms with Gasteiger partial charge < -0.3 is 9.72 Å². The lowest BCUT2D eigenvalue weighted by Gasteiger charge is -2.16. The molecule has 0 aliphatic carbocycles. The highest BCUT2D eigenvalue weighted by atomic mass is 19.2. The third kappa shape index (κ3) is 3.51. The maximum atomic E-state index is 14.1. The van der Waals surface area contributed by atoms with Gasteiger partial charge in [0.05, 0.1) is 16.8 Å². The Morgan fingerprint density at radius 2 is 1.70 bits per heavy atom. The quantitative estimate of drug-likeness (QED) is 0.341. The van der Waals surface area contributed by atoms with E-state index in [1.165, 1.54) is 31.2 Å². The molecule has 0 amide bonds. The monoisotopic (exact) mass is 446 g/mol. The van der Waals surface area contributed by atoms with Crippen molar-refractivity contribution in [2.24, 2.45) is 0 Å². The fraction of sp³-hybridized carbons (Fsp3) is 0.0769. The van der Waals surface area contributed by atoms with E-state index in [2.05, 4.69) is 9.97 Å². The number of hydrogen-bond donors (Lipinski definition) is 1. The number of aromatic amines is 1. The molecule has 5 aromatic rings. The van der Waals surface area contributed by atoms with E-state index in [0.717, 1.165) is 11.5 Å². The number of aromatic nitrogens is 2. The highest BCUT2D eigenvalue weighted by Gasteiger charge is 2.19. The minimum Gasteiger partial charge on any atom is -0.438 e. The van der Waals surface area contributed by atoms with Gasteiger partial charge in [-0.25, -0.2) is 18.2 Å². The lowest BCUT2D eigenvalue weighted by molar-refractivity contribution is 0.444. The predicted molar refractivity (Wildman–Crippen MR) is 121 cm³/mol. The fourth-order valence-electron chi connectivity index (χ4n) is 3.83. The molecule has 0 fully saturated rings. The summed E-state index contributed by atoms with van der Waals surface area (Å²) < 4.78 is 47.4. The fourth-order valence-corrected chi connectivity index (χ4v) is 3.83. The van der Waals surface area contributed by atoms with E-state index in [0.29, 0.717) is 27.9 Å². The Balaban J connectivity index is 1.78. The zero-order valence-electron chi connectivity index (χ0n) is 17.7. The summed E-state index contributed by atoms with van der Waals surface area (Å²) in [4.78, 5) is 20.8. The average Bonchev–Trinajstić information content (AvgIpc) is 2.81. The first-order valence-corrected chi connectivity index (χ1v) is 10.2. The van der Waals surface area contributed by atoms with Crippen LogP contribution in [-0.4, -0.2) is 9.97 Å². The van der Waals surface area contributed by atoms with Gasteiger partial charge in [-0.2, -0.15) is 0 Å². The molecule has 0 aliphatic rings. The molecule has 0 unspecified atom stereocenters. The van der Waals surface area contributed by atoms with Crippen LogP contribution in [0.4, 0.5) is 13.2 Å². The van der Waals surface area contributed by atoms with Crippen molar-refractivity contribution in [3.05, 3.63) is 99.5 Å². The third-order valence-electron chi connectivity index (χ3n) is 5.66. The van der Waals surface area contributed by atoms with E-state index >= 15 is 0 Å². The molecular weight excluding hydrogens is 429 g/mol.